The van der Waals surface area contributed by atoms with E-state index in [0.717, 1.165) is 25.5 Å². The first kappa shape index (κ1) is 14.0. The molecular weight excluding hydrogens is 198 g/mol. The number of rotatable bonds is 7. The van der Waals surface area contributed by atoms with E-state index in [1.165, 1.54) is 45.1 Å². The van der Waals surface area contributed by atoms with Crippen LogP contribution in [0.2, 0.25) is 0 Å². The van der Waals surface area contributed by atoms with Crippen molar-refractivity contribution in [2.75, 3.05) is 19.7 Å². The highest BCUT2D eigenvalue weighted by atomic mass is 16.5. The molecule has 0 aromatic rings. The Morgan fingerprint density at radius 2 is 1.81 bits per heavy atom. The first-order chi connectivity index (χ1) is 7.79. The van der Waals surface area contributed by atoms with Crippen molar-refractivity contribution in [2.45, 2.75) is 64.9 Å². The van der Waals surface area contributed by atoms with Crippen molar-refractivity contribution in [1.82, 2.24) is 5.32 Å². The van der Waals surface area contributed by atoms with Gasteiger partial charge in [0.1, 0.15) is 0 Å². The molecule has 1 N–H and O–H groups in total. The fraction of sp³-hybridized carbons (Fsp3) is 1.00. The summed E-state index contributed by atoms with van der Waals surface area (Å²) in [7, 11) is 0. The zero-order valence-corrected chi connectivity index (χ0v) is 11.1. The Morgan fingerprint density at radius 1 is 1.12 bits per heavy atom. The minimum Gasteiger partial charge on any atom is -0.379 e. The second-order valence-electron chi connectivity index (χ2n) is 5.33. The predicted octanol–water partition coefficient (Wildman–Crippen LogP) is 3.36. The van der Waals surface area contributed by atoms with E-state index in [9.17, 15) is 0 Å². The second-order valence-corrected chi connectivity index (χ2v) is 5.33. The molecule has 2 heteroatoms. The number of hydrogen-bond acceptors (Lipinski definition) is 2. The molecule has 0 heterocycles. The van der Waals surface area contributed by atoms with Gasteiger partial charge in [-0.1, -0.05) is 25.7 Å². The van der Waals surface area contributed by atoms with Gasteiger partial charge in [-0.25, -0.2) is 0 Å². The van der Waals surface area contributed by atoms with Crippen molar-refractivity contribution in [3.8, 4) is 0 Å². The average Bonchev–Trinajstić information content (AvgIpc) is 2.51. The maximum atomic E-state index is 5.51. The van der Waals surface area contributed by atoms with Crippen LogP contribution < -0.4 is 5.32 Å². The Labute approximate surface area is 101 Å². The summed E-state index contributed by atoms with van der Waals surface area (Å²) in [6.07, 6.45) is 10.2. The third-order valence-corrected chi connectivity index (χ3v) is 3.36. The highest BCUT2D eigenvalue weighted by Gasteiger charge is 2.11. The SMILES string of the molecule is CC(C)OCCCNCC1CCCCCC1. The lowest BCUT2D eigenvalue weighted by Gasteiger charge is -2.15. The Hall–Kier alpha value is -0.0800. The van der Waals surface area contributed by atoms with Gasteiger partial charge in [-0.15, -0.1) is 0 Å². The van der Waals surface area contributed by atoms with Gasteiger partial charge in [0.25, 0.3) is 0 Å². The third kappa shape index (κ3) is 7.24. The fourth-order valence-electron chi connectivity index (χ4n) is 2.39. The molecular formula is C14H29NO. The number of nitrogens with one attached hydrogen (secondary N) is 1. The van der Waals surface area contributed by atoms with Gasteiger partial charge < -0.3 is 10.1 Å². The van der Waals surface area contributed by atoms with Crippen LogP contribution >= 0.6 is 0 Å². The summed E-state index contributed by atoms with van der Waals surface area (Å²) >= 11 is 0. The quantitative estimate of drug-likeness (QED) is 0.532. The normalized spacial score (nSPS) is 18.9. The first-order valence-corrected chi connectivity index (χ1v) is 7.11. The van der Waals surface area contributed by atoms with E-state index < -0.39 is 0 Å². The molecule has 1 fully saturated rings. The molecule has 1 aliphatic rings. The standard InChI is InChI=1S/C14H29NO/c1-13(2)16-11-7-10-15-12-14-8-5-3-4-6-9-14/h13-15H,3-12H2,1-2H3. The Kier molecular flexibility index (Phi) is 7.87. The van der Waals surface area contributed by atoms with Crippen molar-refractivity contribution in [2.24, 2.45) is 5.92 Å². The minimum atomic E-state index is 0.377. The van der Waals surface area contributed by atoms with Gasteiger partial charge in [-0.3, -0.25) is 0 Å². The van der Waals surface area contributed by atoms with E-state index in [4.69, 9.17) is 4.74 Å². The largest absolute Gasteiger partial charge is 0.379 e. The van der Waals surface area contributed by atoms with Crippen LogP contribution in [0.4, 0.5) is 0 Å². The lowest BCUT2D eigenvalue weighted by molar-refractivity contribution is 0.0769. The van der Waals surface area contributed by atoms with Gasteiger partial charge in [-0.2, -0.15) is 0 Å². The summed E-state index contributed by atoms with van der Waals surface area (Å²) < 4.78 is 5.51. The van der Waals surface area contributed by atoms with Crippen LogP contribution in [-0.2, 0) is 4.74 Å². The molecule has 0 aromatic heterocycles. The van der Waals surface area contributed by atoms with Crippen molar-refractivity contribution in [3.63, 3.8) is 0 Å². The maximum Gasteiger partial charge on any atom is 0.0518 e. The average molecular weight is 227 g/mol. The van der Waals surface area contributed by atoms with Gasteiger partial charge in [0.15, 0.2) is 0 Å². The van der Waals surface area contributed by atoms with Crippen LogP contribution in [0.5, 0.6) is 0 Å². The first-order valence-electron chi connectivity index (χ1n) is 7.11. The van der Waals surface area contributed by atoms with E-state index >= 15 is 0 Å². The smallest absolute Gasteiger partial charge is 0.0518 e. The van der Waals surface area contributed by atoms with E-state index in [-0.39, 0.29) is 0 Å². The molecule has 16 heavy (non-hydrogen) atoms. The zero-order valence-electron chi connectivity index (χ0n) is 11.1. The fourth-order valence-corrected chi connectivity index (χ4v) is 2.39. The van der Waals surface area contributed by atoms with E-state index in [2.05, 4.69) is 19.2 Å². The Morgan fingerprint density at radius 3 is 2.44 bits per heavy atom. The molecule has 0 saturated heterocycles. The molecule has 1 rings (SSSR count). The lowest BCUT2D eigenvalue weighted by Crippen LogP contribution is -2.24. The summed E-state index contributed by atoms with van der Waals surface area (Å²) in [6, 6.07) is 0. The van der Waals surface area contributed by atoms with Gasteiger partial charge >= 0.3 is 0 Å². The molecule has 0 radical (unpaired) electrons. The van der Waals surface area contributed by atoms with Gasteiger partial charge in [0, 0.05) is 6.61 Å². The van der Waals surface area contributed by atoms with Crippen molar-refractivity contribution < 1.29 is 4.74 Å². The number of ether oxygens (including phenoxy) is 1. The van der Waals surface area contributed by atoms with Crippen molar-refractivity contribution in [1.29, 1.82) is 0 Å². The maximum absolute atomic E-state index is 5.51. The Bertz CT molecular complexity index is 151. The van der Waals surface area contributed by atoms with E-state index in [0.29, 0.717) is 6.10 Å². The summed E-state index contributed by atoms with van der Waals surface area (Å²) in [5, 5.41) is 3.58. The highest BCUT2D eigenvalue weighted by Crippen LogP contribution is 2.21. The van der Waals surface area contributed by atoms with Crippen LogP contribution in [-0.4, -0.2) is 25.8 Å². The van der Waals surface area contributed by atoms with E-state index in [1.54, 1.807) is 0 Å². The van der Waals surface area contributed by atoms with Gasteiger partial charge in [0.2, 0.25) is 0 Å². The molecule has 1 saturated carbocycles. The molecule has 2 nitrogen and oxygen atoms in total. The Balaban J connectivity index is 1.89. The third-order valence-electron chi connectivity index (χ3n) is 3.36. The summed E-state index contributed by atoms with van der Waals surface area (Å²) in [6.45, 7) is 7.43. The van der Waals surface area contributed by atoms with Gasteiger partial charge in [-0.05, 0) is 52.1 Å². The zero-order chi connectivity index (χ0) is 11.6. The van der Waals surface area contributed by atoms with E-state index in [1.807, 2.05) is 0 Å². The summed E-state index contributed by atoms with van der Waals surface area (Å²) in [5.41, 5.74) is 0. The monoisotopic (exact) mass is 227 g/mol. The molecule has 96 valence electrons. The molecule has 0 atom stereocenters. The summed E-state index contributed by atoms with van der Waals surface area (Å²) in [5.74, 6) is 0.938. The van der Waals surface area contributed by atoms with Crippen molar-refractivity contribution >= 4 is 0 Å². The predicted molar refractivity (Wildman–Crippen MR) is 69.8 cm³/mol. The number of hydrogen-bond donors (Lipinski definition) is 1. The van der Waals surface area contributed by atoms with Crippen LogP contribution in [0.1, 0.15) is 58.8 Å². The molecule has 0 spiro atoms. The lowest BCUT2D eigenvalue weighted by atomic mass is 10.0. The molecule has 0 amide bonds. The van der Waals surface area contributed by atoms with Crippen LogP contribution in [0.15, 0.2) is 0 Å². The topological polar surface area (TPSA) is 21.3 Å². The molecule has 1 aliphatic carbocycles. The van der Waals surface area contributed by atoms with Crippen molar-refractivity contribution in [3.05, 3.63) is 0 Å². The van der Waals surface area contributed by atoms with Crippen LogP contribution in [0, 0.1) is 5.92 Å². The van der Waals surface area contributed by atoms with Gasteiger partial charge in [0.05, 0.1) is 6.10 Å². The molecule has 0 aliphatic heterocycles. The minimum absolute atomic E-state index is 0.377. The van der Waals surface area contributed by atoms with Crippen LogP contribution in [0.3, 0.4) is 0 Å². The second kappa shape index (κ2) is 9.00. The molecule has 0 bridgehead atoms. The van der Waals surface area contributed by atoms with Crippen LogP contribution in [0.25, 0.3) is 0 Å². The highest BCUT2D eigenvalue weighted by molar-refractivity contribution is 4.66. The molecule has 0 unspecified atom stereocenters. The summed E-state index contributed by atoms with van der Waals surface area (Å²) in [4.78, 5) is 0. The molecule has 0 aromatic carbocycles.